The topological polar surface area (TPSA) is 88.1 Å². The van der Waals surface area contributed by atoms with Crippen LogP contribution in [0, 0.1) is 5.92 Å². The first-order chi connectivity index (χ1) is 16.8. The normalized spacial score (nSPS) is 15.0. The standard InChI is InChI=1S/C26H32Cl2N2O5.ClH/c1-3-34-26(33)21(15-18-7-5-4-6-8-18)29-25(32)19-16-20(27)24(22(28)23(19)31)35-14-11-17-9-12-30(2)13-10-17;/h4-8,16-17,21,31H,3,9-15H2,1-2H3,(H,29,32);1H/t21-;/m0./s1. The summed E-state index contributed by atoms with van der Waals surface area (Å²) in [6.07, 6.45) is 3.29. The largest absolute Gasteiger partial charge is 0.505 e. The minimum Gasteiger partial charge on any atom is -0.505 e. The minimum absolute atomic E-state index is 0. The van der Waals surface area contributed by atoms with Crippen LogP contribution in [-0.4, -0.2) is 61.3 Å². The Kier molecular flexibility index (Phi) is 12.1. The molecule has 0 aliphatic carbocycles. The number of benzene rings is 2. The van der Waals surface area contributed by atoms with E-state index < -0.39 is 23.7 Å². The Morgan fingerprint density at radius 3 is 2.50 bits per heavy atom. The quantitative estimate of drug-likeness (QED) is 0.392. The molecule has 1 saturated heterocycles. The Balaban J connectivity index is 0.00000456. The van der Waals surface area contributed by atoms with Crippen molar-refractivity contribution >= 4 is 47.5 Å². The van der Waals surface area contributed by atoms with Gasteiger partial charge in [-0.05, 0) is 63.9 Å². The van der Waals surface area contributed by atoms with Crippen molar-refractivity contribution in [2.75, 3.05) is 33.4 Å². The van der Waals surface area contributed by atoms with E-state index in [1.54, 1.807) is 6.92 Å². The molecule has 0 radical (unpaired) electrons. The van der Waals surface area contributed by atoms with Gasteiger partial charge in [-0.2, -0.15) is 0 Å². The molecule has 0 saturated carbocycles. The van der Waals surface area contributed by atoms with E-state index in [0.29, 0.717) is 12.5 Å². The summed E-state index contributed by atoms with van der Waals surface area (Å²) in [5.41, 5.74) is 0.699. The van der Waals surface area contributed by atoms with Crippen molar-refractivity contribution in [2.24, 2.45) is 5.92 Å². The van der Waals surface area contributed by atoms with Crippen LogP contribution in [0.4, 0.5) is 0 Å². The Morgan fingerprint density at radius 2 is 1.86 bits per heavy atom. The number of aromatic hydroxyl groups is 1. The Bertz CT molecular complexity index is 1010. The van der Waals surface area contributed by atoms with Crippen molar-refractivity contribution in [3.63, 3.8) is 0 Å². The first-order valence-electron chi connectivity index (χ1n) is 11.8. The fourth-order valence-electron chi connectivity index (χ4n) is 4.10. The van der Waals surface area contributed by atoms with E-state index in [0.717, 1.165) is 37.9 Å². The van der Waals surface area contributed by atoms with Gasteiger partial charge in [0.05, 0.1) is 23.8 Å². The summed E-state index contributed by atoms with van der Waals surface area (Å²) in [6, 6.07) is 9.59. The number of hydrogen-bond acceptors (Lipinski definition) is 6. The number of nitrogens with zero attached hydrogens (tertiary/aromatic N) is 1. The van der Waals surface area contributed by atoms with Crippen LogP contribution in [0.2, 0.25) is 10.0 Å². The number of halogens is 3. The van der Waals surface area contributed by atoms with Gasteiger partial charge in [-0.3, -0.25) is 4.79 Å². The smallest absolute Gasteiger partial charge is 0.328 e. The highest BCUT2D eigenvalue weighted by molar-refractivity contribution is 6.39. The molecule has 2 N–H and O–H groups in total. The second-order valence-corrected chi connectivity index (χ2v) is 9.53. The number of hydrogen-bond donors (Lipinski definition) is 2. The van der Waals surface area contributed by atoms with Gasteiger partial charge in [-0.1, -0.05) is 53.5 Å². The maximum Gasteiger partial charge on any atom is 0.328 e. The average molecular weight is 560 g/mol. The third kappa shape index (κ3) is 8.17. The van der Waals surface area contributed by atoms with Crippen LogP contribution < -0.4 is 10.1 Å². The molecule has 2 aromatic rings. The second-order valence-electron chi connectivity index (χ2n) is 8.75. The van der Waals surface area contributed by atoms with Crippen LogP contribution in [0.1, 0.15) is 42.1 Å². The number of rotatable bonds is 10. The number of nitrogens with one attached hydrogen (secondary N) is 1. The summed E-state index contributed by atoms with van der Waals surface area (Å²) >= 11 is 12.7. The molecule has 1 aliphatic rings. The number of esters is 1. The molecule has 1 aliphatic heterocycles. The van der Waals surface area contributed by atoms with E-state index in [9.17, 15) is 14.7 Å². The molecule has 10 heteroatoms. The molecular weight excluding hydrogens is 527 g/mol. The molecule has 0 bridgehead atoms. The van der Waals surface area contributed by atoms with Crippen molar-refractivity contribution in [1.82, 2.24) is 10.2 Å². The van der Waals surface area contributed by atoms with E-state index in [-0.39, 0.29) is 46.8 Å². The van der Waals surface area contributed by atoms with Gasteiger partial charge in [0.25, 0.3) is 5.91 Å². The van der Waals surface area contributed by atoms with E-state index in [2.05, 4.69) is 17.3 Å². The summed E-state index contributed by atoms with van der Waals surface area (Å²) in [4.78, 5) is 27.8. The van der Waals surface area contributed by atoms with E-state index in [1.165, 1.54) is 6.07 Å². The van der Waals surface area contributed by atoms with Gasteiger partial charge in [0.15, 0.2) is 11.5 Å². The molecule has 2 aromatic carbocycles. The Hall–Kier alpha value is -2.19. The molecule has 3 rings (SSSR count). The summed E-state index contributed by atoms with van der Waals surface area (Å²) in [6.45, 7) is 4.39. The molecule has 0 unspecified atom stereocenters. The summed E-state index contributed by atoms with van der Waals surface area (Å²) < 4.78 is 10.9. The molecule has 0 spiro atoms. The van der Waals surface area contributed by atoms with Crippen molar-refractivity contribution < 1.29 is 24.2 Å². The van der Waals surface area contributed by atoms with E-state index in [4.69, 9.17) is 32.7 Å². The first kappa shape index (κ1) is 30.0. The van der Waals surface area contributed by atoms with Gasteiger partial charge in [-0.25, -0.2) is 4.79 Å². The Labute approximate surface area is 228 Å². The highest BCUT2D eigenvalue weighted by Crippen LogP contribution is 2.42. The number of carbonyl (C=O) groups is 2. The fraction of sp³-hybridized carbons (Fsp3) is 0.462. The zero-order valence-corrected chi connectivity index (χ0v) is 22.8. The SMILES string of the molecule is CCOC(=O)[C@H](Cc1ccccc1)NC(=O)c1cc(Cl)c(OCCC2CCN(C)CC2)c(Cl)c1O.Cl. The lowest BCUT2D eigenvalue weighted by Gasteiger charge is -2.28. The van der Waals surface area contributed by atoms with Gasteiger partial charge < -0.3 is 24.8 Å². The number of carbonyl (C=O) groups excluding carboxylic acids is 2. The van der Waals surface area contributed by atoms with Gasteiger partial charge in [-0.15, -0.1) is 12.4 Å². The summed E-state index contributed by atoms with van der Waals surface area (Å²) in [5.74, 6) is -1.02. The van der Waals surface area contributed by atoms with Gasteiger partial charge in [0.2, 0.25) is 0 Å². The zero-order chi connectivity index (χ0) is 25.4. The van der Waals surface area contributed by atoms with Crippen LogP contribution in [0.5, 0.6) is 11.5 Å². The first-order valence-corrected chi connectivity index (χ1v) is 12.6. The van der Waals surface area contributed by atoms with Gasteiger partial charge >= 0.3 is 5.97 Å². The number of ether oxygens (including phenoxy) is 2. The average Bonchev–Trinajstić information content (AvgIpc) is 2.85. The highest BCUT2D eigenvalue weighted by atomic mass is 35.5. The number of phenolic OH excluding ortho intramolecular Hbond substituents is 1. The van der Waals surface area contributed by atoms with Gasteiger partial charge in [0.1, 0.15) is 11.1 Å². The molecule has 36 heavy (non-hydrogen) atoms. The van der Waals surface area contributed by atoms with Crippen LogP contribution in [0.3, 0.4) is 0 Å². The summed E-state index contributed by atoms with van der Waals surface area (Å²) in [5, 5.41) is 13.2. The van der Waals surface area contributed by atoms with Crippen LogP contribution >= 0.6 is 35.6 Å². The lowest BCUT2D eigenvalue weighted by Crippen LogP contribution is -2.43. The predicted molar refractivity (Wildman–Crippen MR) is 144 cm³/mol. The molecule has 0 aromatic heterocycles. The predicted octanol–water partition coefficient (Wildman–Crippen LogP) is 5.14. The lowest BCUT2D eigenvalue weighted by atomic mass is 9.94. The van der Waals surface area contributed by atoms with E-state index in [1.807, 2.05) is 30.3 Å². The fourth-order valence-corrected chi connectivity index (χ4v) is 4.66. The number of amides is 1. The summed E-state index contributed by atoms with van der Waals surface area (Å²) in [7, 11) is 2.11. The lowest BCUT2D eigenvalue weighted by molar-refractivity contribution is -0.145. The number of likely N-dealkylation sites (tertiary alicyclic amines) is 1. The zero-order valence-electron chi connectivity index (χ0n) is 20.5. The third-order valence-corrected chi connectivity index (χ3v) is 6.80. The van der Waals surface area contributed by atoms with Crippen LogP contribution in [0.25, 0.3) is 0 Å². The monoisotopic (exact) mass is 558 g/mol. The molecule has 1 heterocycles. The maximum absolute atomic E-state index is 13.0. The van der Waals surface area contributed by atoms with E-state index >= 15 is 0 Å². The molecule has 1 amide bonds. The number of phenols is 1. The van der Waals surface area contributed by atoms with Crippen molar-refractivity contribution in [3.05, 3.63) is 57.6 Å². The minimum atomic E-state index is -0.952. The van der Waals surface area contributed by atoms with Gasteiger partial charge in [0, 0.05) is 6.42 Å². The van der Waals surface area contributed by atoms with Crippen LogP contribution in [0.15, 0.2) is 36.4 Å². The molecule has 1 fully saturated rings. The number of piperidine rings is 1. The second kappa shape index (κ2) is 14.5. The van der Waals surface area contributed by atoms with Crippen molar-refractivity contribution in [1.29, 1.82) is 0 Å². The molecule has 7 nitrogen and oxygen atoms in total. The molecule has 1 atom stereocenters. The van der Waals surface area contributed by atoms with Crippen molar-refractivity contribution in [3.8, 4) is 11.5 Å². The maximum atomic E-state index is 13.0. The Morgan fingerprint density at radius 1 is 1.19 bits per heavy atom. The molecular formula is C26H33Cl3N2O5. The van der Waals surface area contributed by atoms with Crippen molar-refractivity contribution in [2.45, 2.75) is 38.6 Å². The van der Waals surface area contributed by atoms with Crippen LogP contribution in [-0.2, 0) is 16.0 Å². The molecule has 198 valence electrons. The highest BCUT2D eigenvalue weighted by Gasteiger charge is 2.27. The third-order valence-electron chi connectivity index (χ3n) is 6.16.